The maximum atomic E-state index is 6.64. The summed E-state index contributed by atoms with van der Waals surface area (Å²) in [6.45, 7) is 7.02. The van der Waals surface area contributed by atoms with E-state index in [1.54, 1.807) is 0 Å². The molecule has 3 atom stereocenters. The molecule has 0 spiro atoms. The Kier molecular flexibility index (Phi) is 4.09. The number of rotatable bonds is 3. The first-order valence-electron chi connectivity index (χ1n) is 9.75. The second-order valence-corrected chi connectivity index (χ2v) is 12.9. The SMILES string of the molecule is C=C1[C@H](c2ccccc2)P2(=S)C[C@]1(C)C(c1ccccc1)=C2c1ccccc1. The highest BCUT2D eigenvalue weighted by atomic mass is 32.4. The van der Waals surface area contributed by atoms with Gasteiger partial charge in [0.05, 0.1) is 0 Å². The Morgan fingerprint density at radius 2 is 1.32 bits per heavy atom. The Labute approximate surface area is 172 Å². The molecule has 3 aromatic rings. The summed E-state index contributed by atoms with van der Waals surface area (Å²) < 4.78 is 0. The van der Waals surface area contributed by atoms with Crippen LogP contribution in [0, 0.1) is 5.41 Å². The zero-order chi connectivity index (χ0) is 19.4. The van der Waals surface area contributed by atoms with Gasteiger partial charge in [-0.25, -0.2) is 0 Å². The van der Waals surface area contributed by atoms with Crippen LogP contribution in [0.25, 0.3) is 10.9 Å². The molecule has 2 heterocycles. The molecular weight excluding hydrogens is 375 g/mol. The van der Waals surface area contributed by atoms with Gasteiger partial charge in [0.25, 0.3) is 0 Å². The fourth-order valence-electron chi connectivity index (χ4n) is 5.21. The van der Waals surface area contributed by atoms with Crippen molar-refractivity contribution in [2.75, 3.05) is 6.16 Å². The maximum Gasteiger partial charge on any atom is 0.0385 e. The second-order valence-electron chi connectivity index (χ2n) is 8.08. The molecule has 2 aliphatic heterocycles. The zero-order valence-electron chi connectivity index (χ0n) is 16.0. The molecule has 5 rings (SSSR count). The predicted molar refractivity (Wildman–Crippen MR) is 125 cm³/mol. The van der Waals surface area contributed by atoms with Crippen molar-refractivity contribution >= 4 is 28.7 Å². The number of hydrogen-bond donors (Lipinski definition) is 0. The van der Waals surface area contributed by atoms with Crippen LogP contribution in [0.3, 0.4) is 0 Å². The molecule has 3 aromatic carbocycles. The lowest BCUT2D eigenvalue weighted by atomic mass is 9.72. The topological polar surface area (TPSA) is 0 Å². The molecule has 0 N–H and O–H groups in total. The summed E-state index contributed by atoms with van der Waals surface area (Å²) in [6, 6.07) is 30.6. The van der Waals surface area contributed by atoms with E-state index in [0.717, 1.165) is 6.16 Å². The van der Waals surface area contributed by atoms with E-state index in [0.29, 0.717) is 0 Å². The Morgan fingerprint density at radius 3 is 1.89 bits per heavy atom. The van der Waals surface area contributed by atoms with E-state index in [1.807, 2.05) is 0 Å². The van der Waals surface area contributed by atoms with Crippen LogP contribution < -0.4 is 0 Å². The zero-order valence-corrected chi connectivity index (χ0v) is 17.7. The van der Waals surface area contributed by atoms with Crippen molar-refractivity contribution in [3.63, 3.8) is 0 Å². The first-order chi connectivity index (χ1) is 13.6. The average Bonchev–Trinajstić information content (AvgIpc) is 3.10. The van der Waals surface area contributed by atoms with Crippen LogP contribution in [-0.4, -0.2) is 6.16 Å². The van der Waals surface area contributed by atoms with E-state index < -0.39 is 6.04 Å². The molecule has 138 valence electrons. The van der Waals surface area contributed by atoms with Crippen molar-refractivity contribution in [1.82, 2.24) is 0 Å². The van der Waals surface area contributed by atoms with Crippen LogP contribution in [0.4, 0.5) is 0 Å². The molecule has 0 nitrogen and oxygen atoms in total. The maximum absolute atomic E-state index is 6.64. The minimum absolute atomic E-state index is 0.0669. The van der Waals surface area contributed by atoms with Crippen molar-refractivity contribution in [3.8, 4) is 0 Å². The Morgan fingerprint density at radius 1 is 0.821 bits per heavy atom. The second kappa shape index (κ2) is 6.41. The van der Waals surface area contributed by atoms with E-state index in [9.17, 15) is 0 Å². The molecule has 2 heteroatoms. The summed E-state index contributed by atoms with van der Waals surface area (Å²) in [5, 5.41) is 1.43. The van der Waals surface area contributed by atoms with Gasteiger partial charge in [0.15, 0.2) is 0 Å². The van der Waals surface area contributed by atoms with Gasteiger partial charge in [-0.05, 0) is 39.8 Å². The van der Waals surface area contributed by atoms with E-state index in [1.165, 1.54) is 33.2 Å². The molecule has 0 aromatic heterocycles. The lowest BCUT2D eigenvalue weighted by Gasteiger charge is -2.36. The molecule has 0 saturated carbocycles. The molecule has 1 unspecified atom stereocenters. The molecule has 28 heavy (non-hydrogen) atoms. The molecular formula is C26H23PS. The minimum Gasteiger partial charge on any atom is -0.0979 e. The van der Waals surface area contributed by atoms with E-state index in [-0.39, 0.29) is 11.1 Å². The quantitative estimate of drug-likeness (QED) is 0.328. The molecule has 1 saturated heterocycles. The highest BCUT2D eigenvalue weighted by molar-refractivity contribution is 8.20. The van der Waals surface area contributed by atoms with Crippen LogP contribution >= 0.6 is 6.04 Å². The van der Waals surface area contributed by atoms with E-state index >= 15 is 0 Å². The smallest absolute Gasteiger partial charge is 0.0385 e. The summed E-state index contributed by atoms with van der Waals surface area (Å²) in [4.78, 5) is 0. The number of allylic oxidation sites excluding steroid dienone is 2. The third-order valence-electron chi connectivity index (χ3n) is 6.40. The van der Waals surface area contributed by atoms with Crippen molar-refractivity contribution < 1.29 is 0 Å². The Bertz CT molecular complexity index is 1130. The summed E-state index contributed by atoms with van der Waals surface area (Å²) in [5.41, 5.74) is 6.85. The molecule has 1 fully saturated rings. The average molecular weight is 399 g/mol. The van der Waals surface area contributed by atoms with Gasteiger partial charge in [-0.15, -0.1) is 0 Å². The fraction of sp³-hybridized carbons (Fsp3) is 0.154. The van der Waals surface area contributed by atoms with Gasteiger partial charge < -0.3 is 0 Å². The molecule has 2 aliphatic rings. The summed E-state index contributed by atoms with van der Waals surface area (Å²) in [5.74, 6) is 0. The van der Waals surface area contributed by atoms with Crippen molar-refractivity contribution in [2.45, 2.75) is 12.6 Å². The normalized spacial score (nSPS) is 28.8. The minimum atomic E-state index is -1.87. The summed E-state index contributed by atoms with van der Waals surface area (Å²) in [6.07, 6.45) is 1.04. The van der Waals surface area contributed by atoms with Crippen molar-refractivity contribution in [1.29, 1.82) is 0 Å². The largest absolute Gasteiger partial charge is 0.0979 e. The van der Waals surface area contributed by atoms with Gasteiger partial charge in [-0.1, -0.05) is 122 Å². The number of benzene rings is 3. The lowest BCUT2D eigenvalue weighted by Crippen LogP contribution is -2.20. The molecule has 0 radical (unpaired) electrons. The van der Waals surface area contributed by atoms with Crippen molar-refractivity contribution in [2.24, 2.45) is 5.41 Å². The Balaban J connectivity index is 1.83. The fourth-order valence-corrected chi connectivity index (χ4v) is 12.0. The lowest BCUT2D eigenvalue weighted by molar-refractivity contribution is 0.624. The van der Waals surface area contributed by atoms with E-state index in [4.69, 9.17) is 11.8 Å². The van der Waals surface area contributed by atoms with Gasteiger partial charge in [-0.3, -0.25) is 0 Å². The van der Waals surface area contributed by atoms with Crippen LogP contribution in [-0.2, 0) is 11.8 Å². The Hall–Kier alpha value is -2.21. The highest BCUT2D eigenvalue weighted by Gasteiger charge is 2.60. The third-order valence-corrected chi connectivity index (χ3v) is 11.8. The molecule has 0 amide bonds. The van der Waals surface area contributed by atoms with Crippen LogP contribution in [0.15, 0.2) is 103 Å². The van der Waals surface area contributed by atoms with Crippen LogP contribution in [0.5, 0.6) is 0 Å². The van der Waals surface area contributed by atoms with Crippen LogP contribution in [0.2, 0.25) is 0 Å². The predicted octanol–water partition coefficient (Wildman–Crippen LogP) is 7.37. The van der Waals surface area contributed by atoms with Gasteiger partial charge in [0.1, 0.15) is 0 Å². The third kappa shape index (κ3) is 2.40. The van der Waals surface area contributed by atoms with Crippen LogP contribution in [0.1, 0.15) is 29.3 Å². The number of fused-ring (bicyclic) bond motifs is 2. The molecule has 0 aliphatic carbocycles. The van der Waals surface area contributed by atoms with Crippen molar-refractivity contribution in [3.05, 3.63) is 120 Å². The van der Waals surface area contributed by atoms with Gasteiger partial charge in [0, 0.05) is 11.1 Å². The standard InChI is InChI=1S/C26H23PS/c1-19-24(21-14-8-4-9-15-21)27(28)18-26(19,2)23(20-12-6-3-7-13-20)25(27)22-16-10-5-11-17-22/h3-17,24H,1,18H2,2H3/t24-,26+,27?/m1/s1. The first-order valence-corrected chi connectivity index (χ1v) is 12.8. The van der Waals surface area contributed by atoms with Gasteiger partial charge in [-0.2, -0.15) is 0 Å². The number of hydrogen-bond acceptors (Lipinski definition) is 1. The summed E-state index contributed by atoms with van der Waals surface area (Å²) >= 11 is 6.64. The first kappa shape index (κ1) is 17.9. The van der Waals surface area contributed by atoms with Gasteiger partial charge in [0.2, 0.25) is 0 Å². The van der Waals surface area contributed by atoms with Gasteiger partial charge >= 0.3 is 0 Å². The molecule has 2 bridgehead atoms. The van der Waals surface area contributed by atoms with E-state index in [2.05, 4.69) is 104 Å². The monoisotopic (exact) mass is 398 g/mol. The highest BCUT2D eigenvalue weighted by Crippen LogP contribution is 2.87. The summed E-state index contributed by atoms with van der Waals surface area (Å²) in [7, 11) is 0.